The van der Waals surface area contributed by atoms with Crippen LogP contribution < -0.4 is 21.3 Å². The average molecular weight is 459 g/mol. The second-order valence-corrected chi connectivity index (χ2v) is 7.77. The molecule has 0 spiro atoms. The van der Waals surface area contributed by atoms with Crippen LogP contribution in [0, 0.1) is 0 Å². The number of H-pyrrole nitrogens is 1. The van der Waals surface area contributed by atoms with Crippen molar-refractivity contribution < 1.29 is 9.53 Å². The molecule has 0 saturated heterocycles. The molecule has 9 heteroatoms. The molecule has 2 aromatic heterocycles. The number of nitrogens with zero attached hydrogens (tertiary/aromatic N) is 2. The van der Waals surface area contributed by atoms with Crippen LogP contribution in [0.25, 0.3) is 11.0 Å². The van der Waals surface area contributed by atoms with Crippen molar-refractivity contribution in [2.24, 2.45) is 0 Å². The van der Waals surface area contributed by atoms with Crippen molar-refractivity contribution in [3.05, 3.63) is 66.9 Å². The fraction of sp³-hybridized carbons (Fsp3) is 0.300. The molecule has 0 aliphatic carbocycles. The third kappa shape index (κ3) is 3.69. The van der Waals surface area contributed by atoms with Gasteiger partial charge in [0, 0.05) is 29.2 Å². The number of nitrogens with one attached hydrogen (secondary N) is 2. The quantitative estimate of drug-likeness (QED) is 0.624. The Hall–Kier alpha value is -2.94. The SMILES string of the molecule is CCCn1c(=O)[nH]c(=O)c2cc(C(=O)NC3CCOc4ccc(Br)cc43)cnc21. The Bertz CT molecular complexity index is 1220. The van der Waals surface area contributed by atoms with Gasteiger partial charge in [-0.1, -0.05) is 22.9 Å². The minimum absolute atomic E-state index is 0.209. The summed E-state index contributed by atoms with van der Waals surface area (Å²) >= 11 is 3.45. The zero-order valence-electron chi connectivity index (χ0n) is 15.7. The van der Waals surface area contributed by atoms with E-state index in [0.29, 0.717) is 26.0 Å². The first-order valence-corrected chi connectivity index (χ1v) is 10.1. The van der Waals surface area contributed by atoms with Crippen molar-refractivity contribution in [1.82, 2.24) is 19.9 Å². The van der Waals surface area contributed by atoms with E-state index in [1.54, 1.807) is 0 Å². The maximum Gasteiger partial charge on any atom is 0.329 e. The maximum absolute atomic E-state index is 12.9. The average Bonchev–Trinajstić information content (AvgIpc) is 2.71. The molecule has 0 bridgehead atoms. The Morgan fingerprint density at radius 3 is 3.00 bits per heavy atom. The number of fused-ring (bicyclic) bond motifs is 2. The van der Waals surface area contributed by atoms with E-state index in [-0.39, 0.29) is 28.5 Å². The smallest absolute Gasteiger partial charge is 0.329 e. The highest BCUT2D eigenvalue weighted by atomic mass is 79.9. The van der Waals surface area contributed by atoms with E-state index in [9.17, 15) is 14.4 Å². The summed E-state index contributed by atoms with van der Waals surface area (Å²) in [6, 6.07) is 6.93. The second-order valence-electron chi connectivity index (χ2n) is 6.85. The van der Waals surface area contributed by atoms with Gasteiger partial charge < -0.3 is 10.1 Å². The van der Waals surface area contributed by atoms with E-state index in [1.165, 1.54) is 16.8 Å². The molecular formula is C20H19BrN4O4. The minimum atomic E-state index is -0.556. The van der Waals surface area contributed by atoms with Gasteiger partial charge in [0.2, 0.25) is 0 Å². The summed E-state index contributed by atoms with van der Waals surface area (Å²) in [6.45, 7) is 2.85. The summed E-state index contributed by atoms with van der Waals surface area (Å²) in [5.41, 5.74) is 0.367. The Balaban J connectivity index is 1.68. The number of hydrogen-bond donors (Lipinski definition) is 2. The summed E-state index contributed by atoms with van der Waals surface area (Å²) in [4.78, 5) is 43.7. The molecule has 0 saturated carbocycles. The second kappa shape index (κ2) is 7.82. The van der Waals surface area contributed by atoms with Gasteiger partial charge >= 0.3 is 5.69 Å². The number of benzene rings is 1. The van der Waals surface area contributed by atoms with Gasteiger partial charge in [-0.05, 0) is 30.7 Å². The molecule has 1 atom stereocenters. The van der Waals surface area contributed by atoms with Gasteiger partial charge in [0.25, 0.3) is 11.5 Å². The molecule has 8 nitrogen and oxygen atoms in total. The molecule has 4 rings (SSSR count). The first kappa shape index (κ1) is 19.4. The number of carbonyl (C=O) groups excluding carboxylic acids is 1. The molecule has 1 aliphatic heterocycles. The van der Waals surface area contributed by atoms with Gasteiger partial charge in [-0.15, -0.1) is 0 Å². The first-order valence-electron chi connectivity index (χ1n) is 9.34. The Kier molecular flexibility index (Phi) is 5.23. The molecule has 1 unspecified atom stereocenters. The largest absolute Gasteiger partial charge is 0.493 e. The lowest BCUT2D eigenvalue weighted by atomic mass is 10.00. The summed E-state index contributed by atoms with van der Waals surface area (Å²) in [6.07, 6.45) is 2.74. The summed E-state index contributed by atoms with van der Waals surface area (Å²) in [5, 5.41) is 3.20. The lowest BCUT2D eigenvalue weighted by Gasteiger charge is -2.27. The number of halogens is 1. The van der Waals surface area contributed by atoms with Crippen LogP contribution in [0.5, 0.6) is 5.75 Å². The minimum Gasteiger partial charge on any atom is -0.493 e. The van der Waals surface area contributed by atoms with E-state index >= 15 is 0 Å². The Morgan fingerprint density at radius 1 is 1.38 bits per heavy atom. The number of amides is 1. The molecule has 0 radical (unpaired) electrons. The number of pyridine rings is 1. The Morgan fingerprint density at radius 2 is 2.21 bits per heavy atom. The van der Waals surface area contributed by atoms with Crippen LogP contribution >= 0.6 is 15.9 Å². The summed E-state index contributed by atoms with van der Waals surface area (Å²) < 4.78 is 7.96. The van der Waals surface area contributed by atoms with Crippen molar-refractivity contribution in [2.45, 2.75) is 32.4 Å². The van der Waals surface area contributed by atoms with Gasteiger partial charge in [0.15, 0.2) is 0 Å². The maximum atomic E-state index is 12.9. The zero-order valence-corrected chi connectivity index (χ0v) is 17.3. The fourth-order valence-electron chi connectivity index (χ4n) is 3.48. The highest BCUT2D eigenvalue weighted by Crippen LogP contribution is 2.34. The number of carbonyl (C=O) groups is 1. The van der Waals surface area contributed by atoms with E-state index in [1.807, 2.05) is 25.1 Å². The highest BCUT2D eigenvalue weighted by Gasteiger charge is 2.24. The van der Waals surface area contributed by atoms with Crippen molar-refractivity contribution in [3.63, 3.8) is 0 Å². The van der Waals surface area contributed by atoms with Crippen molar-refractivity contribution in [1.29, 1.82) is 0 Å². The van der Waals surface area contributed by atoms with Gasteiger partial charge in [0.1, 0.15) is 11.4 Å². The van der Waals surface area contributed by atoms with Crippen LogP contribution in [-0.2, 0) is 6.54 Å². The van der Waals surface area contributed by atoms with Crippen LogP contribution in [0.15, 0.2) is 44.5 Å². The molecule has 150 valence electrons. The molecule has 0 fully saturated rings. The molecule has 29 heavy (non-hydrogen) atoms. The predicted molar refractivity (Wildman–Crippen MR) is 111 cm³/mol. The van der Waals surface area contributed by atoms with Gasteiger partial charge in [-0.25, -0.2) is 9.78 Å². The standard InChI is InChI=1S/C20H19BrN4O4/c1-2-6-25-17-14(19(27)24-20(25)28)8-11(10-22-17)18(26)23-15-5-7-29-16-4-3-12(21)9-13(15)16/h3-4,8-10,15H,2,5-7H2,1H3,(H,23,26)(H,24,27,28). The van der Waals surface area contributed by atoms with Crippen molar-refractivity contribution in [2.75, 3.05) is 6.61 Å². The molecule has 3 heterocycles. The number of hydrogen-bond acceptors (Lipinski definition) is 5. The lowest BCUT2D eigenvalue weighted by Crippen LogP contribution is -2.33. The molecule has 1 aliphatic rings. The number of aromatic amines is 1. The lowest BCUT2D eigenvalue weighted by molar-refractivity contribution is 0.0924. The van der Waals surface area contributed by atoms with E-state index < -0.39 is 11.2 Å². The Labute approximate surface area is 174 Å². The van der Waals surface area contributed by atoms with Gasteiger partial charge in [0.05, 0.1) is 23.6 Å². The monoisotopic (exact) mass is 458 g/mol. The summed E-state index contributed by atoms with van der Waals surface area (Å²) in [7, 11) is 0. The molecule has 3 aromatic rings. The topological polar surface area (TPSA) is 106 Å². The van der Waals surface area contributed by atoms with Gasteiger partial charge in [-0.2, -0.15) is 0 Å². The van der Waals surface area contributed by atoms with Crippen LogP contribution in [0.3, 0.4) is 0 Å². The normalized spacial score (nSPS) is 15.6. The molecule has 1 aromatic carbocycles. The number of ether oxygens (including phenoxy) is 1. The van der Waals surface area contributed by atoms with Crippen molar-refractivity contribution in [3.8, 4) is 5.75 Å². The molecule has 2 N–H and O–H groups in total. The molecule has 1 amide bonds. The van der Waals surface area contributed by atoms with Gasteiger partial charge in [-0.3, -0.25) is 19.1 Å². The number of aryl methyl sites for hydroxylation is 1. The number of rotatable bonds is 4. The van der Waals surface area contributed by atoms with Crippen molar-refractivity contribution >= 4 is 32.9 Å². The van der Waals surface area contributed by atoms with E-state index in [2.05, 4.69) is 31.2 Å². The number of aromatic nitrogens is 3. The van der Waals surface area contributed by atoms with Crippen LogP contribution in [-0.4, -0.2) is 27.0 Å². The van der Waals surface area contributed by atoms with Crippen LogP contribution in [0.2, 0.25) is 0 Å². The van der Waals surface area contributed by atoms with Crippen LogP contribution in [0.4, 0.5) is 0 Å². The first-order chi connectivity index (χ1) is 14.0. The third-order valence-corrected chi connectivity index (χ3v) is 5.35. The highest BCUT2D eigenvalue weighted by molar-refractivity contribution is 9.10. The fourth-order valence-corrected chi connectivity index (χ4v) is 3.86. The molecular weight excluding hydrogens is 440 g/mol. The third-order valence-electron chi connectivity index (χ3n) is 4.86. The summed E-state index contributed by atoms with van der Waals surface area (Å²) in [5.74, 6) is 0.395. The zero-order chi connectivity index (χ0) is 20.5. The van der Waals surface area contributed by atoms with Crippen LogP contribution in [0.1, 0.15) is 41.7 Å². The van der Waals surface area contributed by atoms with E-state index in [4.69, 9.17) is 4.74 Å². The van der Waals surface area contributed by atoms with E-state index in [0.717, 1.165) is 15.8 Å². The predicted octanol–water partition coefficient (Wildman–Crippen LogP) is 2.51.